The lowest BCUT2D eigenvalue weighted by Crippen LogP contribution is -2.12. The van der Waals surface area contributed by atoms with Crippen LogP contribution in [-0.4, -0.2) is 4.98 Å². The Hall–Kier alpha value is -1.57. The van der Waals surface area contributed by atoms with Gasteiger partial charge in [-0.3, -0.25) is 4.98 Å². The second-order valence-corrected chi connectivity index (χ2v) is 4.46. The highest BCUT2D eigenvalue weighted by molar-refractivity contribution is 5.64. The summed E-state index contributed by atoms with van der Waals surface area (Å²) in [7, 11) is 0. The summed E-state index contributed by atoms with van der Waals surface area (Å²) >= 11 is 0. The van der Waals surface area contributed by atoms with E-state index in [9.17, 15) is 0 Å². The monoisotopic (exact) mass is 202 g/mol. The Balaban J connectivity index is 3.21. The van der Waals surface area contributed by atoms with Crippen molar-refractivity contribution in [1.29, 1.82) is 0 Å². The fourth-order valence-electron chi connectivity index (χ4n) is 1.27. The molecule has 0 bridgehead atoms. The number of nitrogens with one attached hydrogen (secondary N) is 1. The van der Waals surface area contributed by atoms with Gasteiger partial charge in [0.25, 0.3) is 0 Å². The van der Waals surface area contributed by atoms with Crippen molar-refractivity contribution in [2.45, 2.75) is 26.2 Å². The summed E-state index contributed by atoms with van der Waals surface area (Å²) < 4.78 is 0. The average Bonchev–Trinajstić information content (AvgIpc) is 2.17. The van der Waals surface area contributed by atoms with E-state index in [1.807, 2.05) is 6.20 Å². The summed E-state index contributed by atoms with van der Waals surface area (Å²) in [6.45, 7) is 13.9. The molecule has 0 unspecified atom stereocenters. The molecule has 0 atom stereocenters. The number of anilines is 1. The van der Waals surface area contributed by atoms with E-state index in [1.54, 1.807) is 12.3 Å². The average molecular weight is 202 g/mol. The van der Waals surface area contributed by atoms with Crippen LogP contribution in [0.25, 0.3) is 6.08 Å². The Morgan fingerprint density at radius 2 is 2.00 bits per heavy atom. The summed E-state index contributed by atoms with van der Waals surface area (Å²) in [5, 5.41) is 3.07. The molecule has 80 valence electrons. The third-order valence-electron chi connectivity index (χ3n) is 2.24. The molecule has 15 heavy (non-hydrogen) atoms. The molecule has 1 heterocycles. The van der Waals surface area contributed by atoms with E-state index < -0.39 is 0 Å². The molecule has 0 fully saturated rings. The molecular weight excluding hydrogens is 184 g/mol. The third kappa shape index (κ3) is 2.69. The van der Waals surface area contributed by atoms with Gasteiger partial charge in [-0.2, -0.15) is 0 Å². The van der Waals surface area contributed by atoms with Crippen LogP contribution >= 0.6 is 0 Å². The zero-order chi connectivity index (χ0) is 11.5. The molecule has 1 rings (SSSR count). The molecule has 0 saturated carbocycles. The molecule has 1 aromatic heterocycles. The minimum absolute atomic E-state index is 0.101. The molecule has 0 spiro atoms. The van der Waals surface area contributed by atoms with E-state index in [0.717, 1.165) is 11.4 Å². The highest BCUT2D eigenvalue weighted by Gasteiger charge is 2.15. The van der Waals surface area contributed by atoms with Crippen LogP contribution in [-0.2, 0) is 5.41 Å². The largest absolute Gasteiger partial charge is 0.361 e. The van der Waals surface area contributed by atoms with E-state index in [0.29, 0.717) is 0 Å². The molecule has 1 aromatic rings. The second kappa shape index (κ2) is 4.30. The molecule has 0 aliphatic heterocycles. The van der Waals surface area contributed by atoms with E-state index in [2.05, 4.69) is 50.3 Å². The zero-order valence-corrected chi connectivity index (χ0v) is 9.67. The fourth-order valence-corrected chi connectivity index (χ4v) is 1.27. The molecule has 0 amide bonds. The summed E-state index contributed by atoms with van der Waals surface area (Å²) in [6.07, 6.45) is 5.28. The highest BCUT2D eigenvalue weighted by atomic mass is 14.9. The SMILES string of the molecule is C=CNc1cc(C(C)(C)C)cnc1C=C. The lowest BCUT2D eigenvalue weighted by atomic mass is 9.88. The topological polar surface area (TPSA) is 24.9 Å². The first kappa shape index (κ1) is 11.5. The first-order valence-corrected chi connectivity index (χ1v) is 4.99. The van der Waals surface area contributed by atoms with Crippen molar-refractivity contribution < 1.29 is 0 Å². The Morgan fingerprint density at radius 1 is 1.33 bits per heavy atom. The predicted molar refractivity (Wildman–Crippen MR) is 66.8 cm³/mol. The van der Waals surface area contributed by atoms with Gasteiger partial charge in [0.05, 0.1) is 11.4 Å². The molecule has 0 aliphatic rings. The van der Waals surface area contributed by atoms with Crippen molar-refractivity contribution >= 4 is 11.8 Å². The van der Waals surface area contributed by atoms with Gasteiger partial charge in [0.2, 0.25) is 0 Å². The smallest absolute Gasteiger partial charge is 0.0858 e. The number of rotatable bonds is 3. The Labute approximate surface area is 91.7 Å². The van der Waals surface area contributed by atoms with Crippen molar-refractivity contribution in [2.75, 3.05) is 5.32 Å². The van der Waals surface area contributed by atoms with Crippen LogP contribution in [0, 0.1) is 0 Å². The van der Waals surface area contributed by atoms with Crippen LogP contribution in [0.3, 0.4) is 0 Å². The van der Waals surface area contributed by atoms with Gasteiger partial charge in [-0.25, -0.2) is 0 Å². The van der Waals surface area contributed by atoms with E-state index in [-0.39, 0.29) is 5.41 Å². The van der Waals surface area contributed by atoms with E-state index in [1.165, 1.54) is 5.56 Å². The lowest BCUT2D eigenvalue weighted by molar-refractivity contribution is 0.587. The van der Waals surface area contributed by atoms with Crippen molar-refractivity contribution in [1.82, 2.24) is 4.98 Å². The quantitative estimate of drug-likeness (QED) is 0.810. The van der Waals surface area contributed by atoms with Crippen LogP contribution in [0.1, 0.15) is 32.0 Å². The van der Waals surface area contributed by atoms with Crippen molar-refractivity contribution in [3.8, 4) is 0 Å². The Kier molecular flexibility index (Phi) is 3.30. The predicted octanol–water partition coefficient (Wildman–Crippen LogP) is 3.58. The van der Waals surface area contributed by atoms with Gasteiger partial charge >= 0.3 is 0 Å². The molecule has 0 aromatic carbocycles. The highest BCUT2D eigenvalue weighted by Crippen LogP contribution is 2.26. The summed E-state index contributed by atoms with van der Waals surface area (Å²) in [5.41, 5.74) is 3.09. The molecule has 0 aliphatic carbocycles. The third-order valence-corrected chi connectivity index (χ3v) is 2.24. The summed E-state index contributed by atoms with van der Waals surface area (Å²) in [4.78, 5) is 4.35. The van der Waals surface area contributed by atoms with Crippen LogP contribution in [0.5, 0.6) is 0 Å². The molecule has 1 N–H and O–H groups in total. The van der Waals surface area contributed by atoms with Gasteiger partial charge in [0, 0.05) is 6.20 Å². The number of hydrogen-bond acceptors (Lipinski definition) is 2. The van der Waals surface area contributed by atoms with Crippen molar-refractivity contribution in [3.05, 3.63) is 42.9 Å². The number of aromatic nitrogens is 1. The van der Waals surface area contributed by atoms with Gasteiger partial charge in [-0.05, 0) is 29.3 Å². The first-order chi connectivity index (χ1) is 6.99. The summed E-state index contributed by atoms with van der Waals surface area (Å²) in [5.74, 6) is 0. The van der Waals surface area contributed by atoms with Gasteiger partial charge < -0.3 is 5.32 Å². The number of pyridine rings is 1. The second-order valence-electron chi connectivity index (χ2n) is 4.46. The van der Waals surface area contributed by atoms with Gasteiger partial charge in [-0.15, -0.1) is 0 Å². The maximum absolute atomic E-state index is 4.35. The van der Waals surface area contributed by atoms with Gasteiger partial charge in [0.1, 0.15) is 0 Å². The van der Waals surface area contributed by atoms with Crippen molar-refractivity contribution in [2.24, 2.45) is 0 Å². The molecule has 2 nitrogen and oxygen atoms in total. The number of hydrogen-bond donors (Lipinski definition) is 1. The van der Waals surface area contributed by atoms with E-state index in [4.69, 9.17) is 0 Å². The Morgan fingerprint density at radius 3 is 2.47 bits per heavy atom. The fraction of sp³-hybridized carbons (Fsp3) is 0.308. The molecule has 0 radical (unpaired) electrons. The maximum atomic E-state index is 4.35. The lowest BCUT2D eigenvalue weighted by Gasteiger charge is -2.20. The maximum Gasteiger partial charge on any atom is 0.0858 e. The molecule has 2 heteroatoms. The standard InChI is InChI=1S/C13H18N2/c1-6-11-12(14-7-2)8-10(9-15-11)13(3,4)5/h6-9,14H,1-2H2,3-5H3. The first-order valence-electron chi connectivity index (χ1n) is 4.99. The zero-order valence-electron chi connectivity index (χ0n) is 9.67. The van der Waals surface area contributed by atoms with Crippen LogP contribution in [0.15, 0.2) is 31.6 Å². The minimum atomic E-state index is 0.101. The Bertz CT molecular complexity index is 373. The minimum Gasteiger partial charge on any atom is -0.361 e. The van der Waals surface area contributed by atoms with E-state index >= 15 is 0 Å². The number of nitrogens with zero attached hydrogens (tertiary/aromatic N) is 1. The van der Waals surface area contributed by atoms with Gasteiger partial charge in [0.15, 0.2) is 0 Å². The molecule has 0 saturated heterocycles. The van der Waals surface area contributed by atoms with Crippen molar-refractivity contribution in [3.63, 3.8) is 0 Å². The van der Waals surface area contributed by atoms with Crippen LogP contribution in [0.2, 0.25) is 0 Å². The van der Waals surface area contributed by atoms with Gasteiger partial charge in [-0.1, -0.05) is 33.9 Å². The van der Waals surface area contributed by atoms with Crippen LogP contribution < -0.4 is 5.32 Å². The normalized spacial score (nSPS) is 10.9. The molecular formula is C13H18N2. The van der Waals surface area contributed by atoms with Crippen LogP contribution in [0.4, 0.5) is 5.69 Å². The summed E-state index contributed by atoms with van der Waals surface area (Å²) in [6, 6.07) is 2.09.